The van der Waals surface area contributed by atoms with E-state index >= 15 is 0 Å². The zero-order valence-corrected chi connectivity index (χ0v) is 13.7. The molecule has 1 unspecified atom stereocenters. The summed E-state index contributed by atoms with van der Waals surface area (Å²) < 4.78 is 7.67. The maximum Gasteiger partial charge on any atom is 0.106 e. The third-order valence-corrected chi connectivity index (χ3v) is 4.03. The van der Waals surface area contributed by atoms with Crippen molar-refractivity contribution in [1.29, 1.82) is 0 Å². The summed E-state index contributed by atoms with van der Waals surface area (Å²) in [5.74, 6) is 1.92. The normalized spacial score (nSPS) is 12.5. The van der Waals surface area contributed by atoms with Crippen LogP contribution in [-0.4, -0.2) is 0 Å². The molecule has 2 nitrogen and oxygen atoms in total. The number of aryl methyl sites for hydroxylation is 2. The highest BCUT2D eigenvalue weighted by Crippen LogP contribution is 2.31. The molecule has 0 spiro atoms. The minimum absolute atomic E-state index is 0.202. The van der Waals surface area contributed by atoms with Crippen molar-refractivity contribution in [3.63, 3.8) is 0 Å². The second kappa shape index (κ2) is 5.49. The van der Waals surface area contributed by atoms with Crippen LogP contribution in [0.5, 0.6) is 0 Å². The van der Waals surface area contributed by atoms with E-state index < -0.39 is 0 Å². The molecular weight excluding hydrogens is 358 g/mol. The number of benzene rings is 1. The van der Waals surface area contributed by atoms with Crippen molar-refractivity contribution in [3.05, 3.63) is 50.3 Å². The van der Waals surface area contributed by atoms with Crippen LogP contribution < -0.4 is 5.32 Å². The van der Waals surface area contributed by atoms with Gasteiger partial charge in [0.2, 0.25) is 0 Å². The van der Waals surface area contributed by atoms with Crippen LogP contribution in [0, 0.1) is 13.8 Å². The Morgan fingerprint density at radius 1 is 1.17 bits per heavy atom. The summed E-state index contributed by atoms with van der Waals surface area (Å²) in [4.78, 5) is 0. The van der Waals surface area contributed by atoms with Gasteiger partial charge in [-0.15, -0.1) is 0 Å². The Morgan fingerprint density at radius 2 is 1.89 bits per heavy atom. The molecule has 0 amide bonds. The maximum absolute atomic E-state index is 5.57. The number of hydrogen-bond acceptors (Lipinski definition) is 2. The molecule has 0 aliphatic carbocycles. The topological polar surface area (TPSA) is 25.2 Å². The van der Waals surface area contributed by atoms with Crippen molar-refractivity contribution in [2.75, 3.05) is 5.32 Å². The van der Waals surface area contributed by atoms with E-state index in [0.29, 0.717) is 0 Å². The summed E-state index contributed by atoms with van der Waals surface area (Å²) >= 11 is 7.03. The average molecular weight is 373 g/mol. The van der Waals surface area contributed by atoms with Crippen LogP contribution in [0.15, 0.2) is 37.6 Å². The molecular formula is C14H15Br2NO. The third kappa shape index (κ3) is 2.98. The fraction of sp³-hybridized carbons (Fsp3) is 0.286. The minimum atomic E-state index is 0.202. The molecule has 2 rings (SSSR count). The van der Waals surface area contributed by atoms with Crippen LogP contribution >= 0.6 is 31.9 Å². The largest absolute Gasteiger partial charge is 0.466 e. The standard InChI is InChI=1S/C14H15Br2NO/c1-8-6-12(10(3)18-8)9(2)17-14-7-11(15)4-5-13(14)16/h4-7,9,17H,1-3H3. The van der Waals surface area contributed by atoms with Crippen LogP contribution in [0.1, 0.15) is 30.0 Å². The highest BCUT2D eigenvalue weighted by atomic mass is 79.9. The molecule has 1 N–H and O–H groups in total. The Balaban J connectivity index is 2.23. The quantitative estimate of drug-likeness (QED) is 0.759. The van der Waals surface area contributed by atoms with Crippen LogP contribution in [0.2, 0.25) is 0 Å². The van der Waals surface area contributed by atoms with Crippen LogP contribution in [-0.2, 0) is 0 Å². The fourth-order valence-electron chi connectivity index (χ4n) is 2.00. The number of nitrogens with one attached hydrogen (secondary N) is 1. The lowest BCUT2D eigenvalue weighted by molar-refractivity contribution is 0.500. The highest BCUT2D eigenvalue weighted by molar-refractivity contribution is 9.11. The molecule has 1 heterocycles. The number of hydrogen-bond donors (Lipinski definition) is 1. The lowest BCUT2D eigenvalue weighted by Crippen LogP contribution is -2.07. The lowest BCUT2D eigenvalue weighted by atomic mass is 10.1. The third-order valence-electron chi connectivity index (χ3n) is 2.85. The van der Waals surface area contributed by atoms with E-state index in [0.717, 1.165) is 26.2 Å². The first-order chi connectivity index (χ1) is 8.47. The van der Waals surface area contributed by atoms with Gasteiger partial charge in [-0.2, -0.15) is 0 Å². The first-order valence-electron chi connectivity index (χ1n) is 5.76. The van der Waals surface area contributed by atoms with Crippen molar-refractivity contribution < 1.29 is 4.42 Å². The van der Waals surface area contributed by atoms with Gasteiger partial charge in [0.05, 0.1) is 11.7 Å². The van der Waals surface area contributed by atoms with Crippen molar-refractivity contribution >= 4 is 37.5 Å². The van der Waals surface area contributed by atoms with Crippen LogP contribution in [0.25, 0.3) is 0 Å². The maximum atomic E-state index is 5.57. The molecule has 0 radical (unpaired) electrons. The van der Waals surface area contributed by atoms with Gasteiger partial charge in [-0.25, -0.2) is 0 Å². The smallest absolute Gasteiger partial charge is 0.106 e. The van der Waals surface area contributed by atoms with Gasteiger partial charge in [-0.1, -0.05) is 15.9 Å². The molecule has 96 valence electrons. The van der Waals surface area contributed by atoms with Gasteiger partial charge in [0, 0.05) is 14.5 Å². The second-order valence-corrected chi connectivity index (χ2v) is 6.13. The predicted molar refractivity (Wildman–Crippen MR) is 82.1 cm³/mol. The van der Waals surface area contributed by atoms with E-state index in [4.69, 9.17) is 4.42 Å². The molecule has 18 heavy (non-hydrogen) atoms. The molecule has 2 aromatic rings. The van der Waals surface area contributed by atoms with E-state index in [-0.39, 0.29) is 6.04 Å². The SMILES string of the molecule is Cc1cc(C(C)Nc2cc(Br)ccc2Br)c(C)o1. The molecule has 1 aromatic heterocycles. The van der Waals surface area contributed by atoms with Crippen molar-refractivity contribution in [3.8, 4) is 0 Å². The summed E-state index contributed by atoms with van der Waals surface area (Å²) in [5, 5.41) is 3.48. The Morgan fingerprint density at radius 3 is 2.50 bits per heavy atom. The summed E-state index contributed by atoms with van der Waals surface area (Å²) in [6.45, 7) is 6.10. The van der Waals surface area contributed by atoms with Crippen molar-refractivity contribution in [2.24, 2.45) is 0 Å². The summed E-state index contributed by atoms with van der Waals surface area (Å²) in [6.07, 6.45) is 0. The van der Waals surface area contributed by atoms with Gasteiger partial charge in [-0.05, 0) is 61.0 Å². The molecule has 1 atom stereocenters. The lowest BCUT2D eigenvalue weighted by Gasteiger charge is -2.16. The molecule has 0 bridgehead atoms. The van der Waals surface area contributed by atoms with E-state index in [2.05, 4.69) is 56.2 Å². The molecule has 0 aliphatic rings. The van der Waals surface area contributed by atoms with Crippen LogP contribution in [0.3, 0.4) is 0 Å². The summed E-state index contributed by atoms with van der Waals surface area (Å²) in [5.41, 5.74) is 2.26. The van der Waals surface area contributed by atoms with E-state index in [1.807, 2.05) is 26.0 Å². The van der Waals surface area contributed by atoms with Gasteiger partial charge < -0.3 is 9.73 Å². The Kier molecular flexibility index (Phi) is 4.17. The number of rotatable bonds is 3. The van der Waals surface area contributed by atoms with Crippen molar-refractivity contribution in [1.82, 2.24) is 0 Å². The highest BCUT2D eigenvalue weighted by Gasteiger charge is 2.13. The Hall–Kier alpha value is -0.740. The first kappa shape index (κ1) is 13.7. The van der Waals surface area contributed by atoms with E-state index in [1.54, 1.807) is 0 Å². The van der Waals surface area contributed by atoms with Crippen molar-refractivity contribution in [2.45, 2.75) is 26.8 Å². The van der Waals surface area contributed by atoms with Gasteiger partial charge in [0.1, 0.15) is 11.5 Å². The molecule has 0 saturated heterocycles. The van der Waals surface area contributed by atoms with Gasteiger partial charge in [0.25, 0.3) is 0 Å². The number of furan rings is 1. The molecule has 0 fully saturated rings. The monoisotopic (exact) mass is 371 g/mol. The second-order valence-electron chi connectivity index (χ2n) is 4.36. The van der Waals surface area contributed by atoms with Gasteiger partial charge >= 0.3 is 0 Å². The van der Waals surface area contributed by atoms with Crippen LogP contribution in [0.4, 0.5) is 5.69 Å². The molecule has 0 saturated carbocycles. The van der Waals surface area contributed by atoms with Gasteiger partial charge in [0.15, 0.2) is 0 Å². The number of halogens is 2. The van der Waals surface area contributed by atoms with E-state index in [9.17, 15) is 0 Å². The minimum Gasteiger partial charge on any atom is -0.466 e. The zero-order valence-electron chi connectivity index (χ0n) is 10.6. The number of anilines is 1. The average Bonchev–Trinajstić information content (AvgIpc) is 2.63. The first-order valence-corrected chi connectivity index (χ1v) is 7.34. The summed E-state index contributed by atoms with van der Waals surface area (Å²) in [7, 11) is 0. The molecule has 1 aromatic carbocycles. The predicted octanol–water partition coefficient (Wildman–Crippen LogP) is 5.59. The Labute approximate surface area is 124 Å². The van der Waals surface area contributed by atoms with Gasteiger partial charge in [-0.3, -0.25) is 0 Å². The fourth-order valence-corrected chi connectivity index (χ4v) is 2.72. The van der Waals surface area contributed by atoms with E-state index in [1.165, 1.54) is 5.56 Å². The molecule has 4 heteroatoms. The zero-order chi connectivity index (χ0) is 13.3. The Bertz CT molecular complexity index is 563. The molecule has 0 aliphatic heterocycles. The summed E-state index contributed by atoms with van der Waals surface area (Å²) in [6, 6.07) is 8.37.